The van der Waals surface area contributed by atoms with Crippen molar-refractivity contribution in [2.24, 2.45) is 0 Å². The quantitative estimate of drug-likeness (QED) is 0.410. The van der Waals surface area contributed by atoms with Gasteiger partial charge in [0.1, 0.15) is 18.1 Å². The minimum Gasteiger partial charge on any atom is -0.476 e. The molecule has 2 aromatic carbocycles. The summed E-state index contributed by atoms with van der Waals surface area (Å²) < 4.78 is 16.3. The number of aryl methyl sites for hydroxylation is 1. The molecule has 2 heterocycles. The number of esters is 1. The van der Waals surface area contributed by atoms with E-state index in [4.69, 9.17) is 37.1 Å². The molecule has 1 aromatic heterocycles. The van der Waals surface area contributed by atoms with Crippen molar-refractivity contribution in [3.63, 3.8) is 0 Å². The van der Waals surface area contributed by atoms with Crippen molar-refractivity contribution in [2.75, 3.05) is 20.4 Å². The molecule has 0 atom stereocenters. The van der Waals surface area contributed by atoms with Gasteiger partial charge in [0.05, 0.1) is 29.7 Å². The molecule has 162 valence electrons. The van der Waals surface area contributed by atoms with Crippen LogP contribution in [0.4, 0.5) is 0 Å². The zero-order valence-corrected chi connectivity index (χ0v) is 18.7. The summed E-state index contributed by atoms with van der Waals surface area (Å²) in [6.45, 7) is 3.44. The average Bonchev–Trinajstić information content (AvgIpc) is 2.77. The van der Waals surface area contributed by atoms with E-state index in [2.05, 4.69) is 4.90 Å². The average molecular weight is 462 g/mol. The summed E-state index contributed by atoms with van der Waals surface area (Å²) >= 11 is 12.4. The van der Waals surface area contributed by atoms with Crippen molar-refractivity contribution >= 4 is 40.1 Å². The third kappa shape index (κ3) is 4.42. The number of benzene rings is 2. The normalized spacial score (nSPS) is 13.7. The highest BCUT2D eigenvalue weighted by Crippen LogP contribution is 2.39. The first-order valence-corrected chi connectivity index (χ1v) is 10.6. The van der Waals surface area contributed by atoms with E-state index in [1.165, 1.54) is 12.7 Å². The van der Waals surface area contributed by atoms with E-state index in [-0.39, 0.29) is 12.0 Å². The van der Waals surface area contributed by atoms with E-state index in [9.17, 15) is 9.59 Å². The SMILES string of the molecule is COC(=O)Cc1c(C)c2cc(Cl)c3c(c2oc1=O)CN(CCc1ccc(Cl)cc1)CO3. The molecule has 6 nitrogen and oxygen atoms in total. The summed E-state index contributed by atoms with van der Waals surface area (Å²) in [6.07, 6.45) is 0.666. The van der Waals surface area contributed by atoms with Gasteiger partial charge in [-0.3, -0.25) is 9.69 Å². The largest absolute Gasteiger partial charge is 0.476 e. The van der Waals surface area contributed by atoms with Gasteiger partial charge >= 0.3 is 11.6 Å². The highest BCUT2D eigenvalue weighted by atomic mass is 35.5. The third-order valence-electron chi connectivity index (χ3n) is 5.53. The maximum atomic E-state index is 12.6. The van der Waals surface area contributed by atoms with Gasteiger partial charge in [0.25, 0.3) is 0 Å². The zero-order valence-electron chi connectivity index (χ0n) is 17.2. The Labute approximate surface area is 189 Å². The van der Waals surface area contributed by atoms with Crippen molar-refractivity contribution in [2.45, 2.75) is 26.3 Å². The number of nitrogens with zero attached hydrogens (tertiary/aromatic N) is 1. The first-order valence-electron chi connectivity index (χ1n) is 9.81. The number of fused-ring (bicyclic) bond motifs is 3. The zero-order chi connectivity index (χ0) is 22.1. The minimum absolute atomic E-state index is 0.154. The Bertz CT molecular complexity index is 1200. The Hall–Kier alpha value is -2.54. The lowest BCUT2D eigenvalue weighted by atomic mass is 10.00. The molecule has 0 aliphatic carbocycles. The monoisotopic (exact) mass is 461 g/mol. The summed E-state index contributed by atoms with van der Waals surface area (Å²) in [4.78, 5) is 26.4. The fourth-order valence-corrected chi connectivity index (χ4v) is 4.16. The van der Waals surface area contributed by atoms with Crippen molar-refractivity contribution in [1.82, 2.24) is 4.90 Å². The number of halogens is 2. The maximum Gasteiger partial charge on any atom is 0.340 e. The summed E-state index contributed by atoms with van der Waals surface area (Å²) in [5.41, 5.74) is 2.70. The van der Waals surface area contributed by atoms with Crippen LogP contribution in [-0.4, -0.2) is 31.3 Å². The molecule has 0 radical (unpaired) electrons. The van der Waals surface area contributed by atoms with Crippen LogP contribution in [0.25, 0.3) is 11.0 Å². The summed E-state index contributed by atoms with van der Waals surface area (Å²) in [6, 6.07) is 9.46. The van der Waals surface area contributed by atoms with Crippen LogP contribution < -0.4 is 10.4 Å². The second-order valence-corrected chi connectivity index (χ2v) is 8.33. The Morgan fingerprint density at radius 1 is 1.23 bits per heavy atom. The Morgan fingerprint density at radius 3 is 2.68 bits per heavy atom. The molecule has 0 bridgehead atoms. The van der Waals surface area contributed by atoms with Gasteiger partial charge in [0.2, 0.25) is 0 Å². The smallest absolute Gasteiger partial charge is 0.340 e. The van der Waals surface area contributed by atoms with Crippen molar-refractivity contribution in [1.29, 1.82) is 0 Å². The molecule has 0 spiro atoms. The van der Waals surface area contributed by atoms with Crippen LogP contribution in [0.5, 0.6) is 5.75 Å². The van der Waals surface area contributed by atoms with Gasteiger partial charge in [-0.1, -0.05) is 35.3 Å². The molecule has 0 fully saturated rings. The van der Waals surface area contributed by atoms with Crippen LogP contribution in [0.3, 0.4) is 0 Å². The van der Waals surface area contributed by atoms with E-state index in [0.29, 0.717) is 45.6 Å². The van der Waals surface area contributed by atoms with E-state index in [1.807, 2.05) is 24.3 Å². The molecule has 4 rings (SSSR count). The van der Waals surface area contributed by atoms with Crippen LogP contribution in [0.2, 0.25) is 10.0 Å². The van der Waals surface area contributed by atoms with Crippen molar-refractivity contribution in [3.8, 4) is 5.75 Å². The lowest BCUT2D eigenvalue weighted by Crippen LogP contribution is -2.34. The number of methoxy groups -OCH3 is 1. The Balaban J connectivity index is 1.66. The van der Waals surface area contributed by atoms with Crippen molar-refractivity contribution < 1.29 is 18.7 Å². The predicted octanol–water partition coefficient (Wildman–Crippen LogP) is 4.52. The van der Waals surface area contributed by atoms with Gasteiger partial charge in [0, 0.05) is 23.5 Å². The molecular formula is C23H21Cl2NO5. The maximum absolute atomic E-state index is 12.6. The van der Waals surface area contributed by atoms with E-state index in [0.717, 1.165) is 18.5 Å². The molecule has 1 aliphatic rings. The summed E-state index contributed by atoms with van der Waals surface area (Å²) in [5, 5.41) is 1.84. The Kier molecular flexibility index (Phi) is 6.23. The molecule has 31 heavy (non-hydrogen) atoms. The number of carbonyl (C=O) groups is 1. The standard InChI is InChI=1S/C23H21Cl2NO5/c1-13-16-9-19(25)22-18(21(16)31-23(28)17(13)10-20(27)29-2)11-26(12-30-22)8-7-14-3-5-15(24)6-4-14/h3-6,9H,7-8,10-12H2,1-2H3. The number of hydrogen-bond donors (Lipinski definition) is 0. The van der Waals surface area contributed by atoms with Crippen LogP contribution in [-0.2, 0) is 28.9 Å². The number of ether oxygens (including phenoxy) is 2. The predicted molar refractivity (Wildman–Crippen MR) is 119 cm³/mol. The highest BCUT2D eigenvalue weighted by Gasteiger charge is 2.26. The first kappa shape index (κ1) is 21.7. The van der Waals surface area contributed by atoms with Gasteiger partial charge in [-0.05, 0) is 42.7 Å². The molecule has 1 aliphatic heterocycles. The van der Waals surface area contributed by atoms with Crippen LogP contribution in [0.1, 0.15) is 22.3 Å². The second kappa shape index (κ2) is 8.91. The molecule has 8 heteroatoms. The van der Waals surface area contributed by atoms with Crippen LogP contribution >= 0.6 is 23.2 Å². The lowest BCUT2D eigenvalue weighted by molar-refractivity contribution is -0.139. The minimum atomic E-state index is -0.557. The molecule has 0 amide bonds. The molecule has 0 saturated heterocycles. The topological polar surface area (TPSA) is 69.0 Å². The van der Waals surface area contributed by atoms with E-state index in [1.54, 1.807) is 13.0 Å². The van der Waals surface area contributed by atoms with Gasteiger partial charge in [-0.2, -0.15) is 0 Å². The van der Waals surface area contributed by atoms with Gasteiger partial charge in [-0.15, -0.1) is 0 Å². The molecule has 0 N–H and O–H groups in total. The van der Waals surface area contributed by atoms with Gasteiger partial charge in [0.15, 0.2) is 0 Å². The van der Waals surface area contributed by atoms with Crippen LogP contribution in [0, 0.1) is 6.92 Å². The fourth-order valence-electron chi connectivity index (χ4n) is 3.76. The number of hydrogen-bond acceptors (Lipinski definition) is 6. The molecule has 3 aromatic rings. The van der Waals surface area contributed by atoms with E-state index < -0.39 is 11.6 Å². The summed E-state index contributed by atoms with van der Waals surface area (Å²) in [7, 11) is 1.28. The van der Waals surface area contributed by atoms with Gasteiger partial charge < -0.3 is 13.9 Å². The first-order chi connectivity index (χ1) is 14.9. The third-order valence-corrected chi connectivity index (χ3v) is 6.06. The molecule has 0 saturated carbocycles. The molecule has 0 unspecified atom stereocenters. The van der Waals surface area contributed by atoms with Crippen molar-refractivity contribution in [3.05, 3.63) is 73.1 Å². The highest BCUT2D eigenvalue weighted by molar-refractivity contribution is 6.33. The number of carbonyl (C=O) groups excluding carboxylic acids is 1. The van der Waals surface area contributed by atoms with E-state index >= 15 is 0 Å². The second-order valence-electron chi connectivity index (χ2n) is 7.49. The lowest BCUT2D eigenvalue weighted by Gasteiger charge is -2.30. The Morgan fingerprint density at radius 2 is 1.97 bits per heavy atom. The van der Waals surface area contributed by atoms with Gasteiger partial charge in [-0.25, -0.2) is 4.79 Å². The van der Waals surface area contributed by atoms with Crippen LogP contribution in [0.15, 0.2) is 39.5 Å². The number of rotatable bonds is 5. The fraction of sp³-hybridized carbons (Fsp3) is 0.304. The molecular weight excluding hydrogens is 441 g/mol. The summed E-state index contributed by atoms with van der Waals surface area (Å²) in [5.74, 6) is 0.0238.